The molecule has 3 aromatic rings. The first-order valence-electron chi connectivity index (χ1n) is 9.74. The zero-order chi connectivity index (χ0) is 20.8. The van der Waals surface area contributed by atoms with Gasteiger partial charge in [0.25, 0.3) is 0 Å². The molecule has 3 rings (SSSR count). The van der Waals surface area contributed by atoms with E-state index in [1.807, 2.05) is 60.9 Å². The fraction of sp³-hybridized carbons (Fsp3) is 0.304. The third kappa shape index (κ3) is 5.99. The fourth-order valence-electron chi connectivity index (χ4n) is 3.23. The molecule has 5 nitrogen and oxygen atoms in total. The van der Waals surface area contributed by atoms with Crippen molar-refractivity contribution in [3.05, 3.63) is 71.7 Å². The van der Waals surface area contributed by atoms with Gasteiger partial charge in [-0.05, 0) is 81.4 Å². The van der Waals surface area contributed by atoms with Crippen molar-refractivity contribution in [2.24, 2.45) is 7.05 Å². The van der Waals surface area contributed by atoms with Crippen molar-refractivity contribution < 1.29 is 9.18 Å². The Kier molecular flexibility index (Phi) is 6.77. The smallest absolute Gasteiger partial charge is 0.238 e. The minimum atomic E-state index is -0.245. The average molecular weight is 394 g/mol. The minimum absolute atomic E-state index is 0.0206. The fourth-order valence-corrected chi connectivity index (χ4v) is 3.23. The van der Waals surface area contributed by atoms with Crippen LogP contribution < -0.4 is 5.32 Å². The second-order valence-electron chi connectivity index (χ2n) is 7.41. The number of hydrogen-bond donors (Lipinski definition) is 1. The van der Waals surface area contributed by atoms with Gasteiger partial charge in [-0.1, -0.05) is 17.7 Å². The van der Waals surface area contributed by atoms with Gasteiger partial charge in [0.05, 0.1) is 17.9 Å². The number of nitrogens with zero attached hydrogens (tertiary/aromatic N) is 3. The van der Waals surface area contributed by atoms with E-state index in [-0.39, 0.29) is 11.7 Å². The van der Waals surface area contributed by atoms with Gasteiger partial charge in [0, 0.05) is 12.7 Å². The highest BCUT2D eigenvalue weighted by Crippen LogP contribution is 2.20. The molecule has 0 saturated heterocycles. The van der Waals surface area contributed by atoms with Gasteiger partial charge < -0.3 is 5.32 Å². The van der Waals surface area contributed by atoms with Crippen LogP contribution in [-0.4, -0.2) is 40.7 Å². The number of amides is 1. The molecule has 0 aliphatic rings. The van der Waals surface area contributed by atoms with Crippen LogP contribution in [0, 0.1) is 12.7 Å². The quantitative estimate of drug-likeness (QED) is 0.627. The zero-order valence-corrected chi connectivity index (χ0v) is 17.2. The molecule has 1 aromatic heterocycles. The lowest BCUT2D eigenvalue weighted by Crippen LogP contribution is -2.31. The van der Waals surface area contributed by atoms with Crippen molar-refractivity contribution >= 4 is 11.6 Å². The summed E-state index contributed by atoms with van der Waals surface area (Å²) in [5.74, 6) is -0.265. The molecule has 0 atom stereocenters. The first-order valence-corrected chi connectivity index (χ1v) is 9.74. The van der Waals surface area contributed by atoms with E-state index >= 15 is 0 Å². The van der Waals surface area contributed by atoms with Gasteiger partial charge in [0.1, 0.15) is 5.82 Å². The van der Waals surface area contributed by atoms with Crippen molar-refractivity contribution in [1.29, 1.82) is 0 Å². The largest absolute Gasteiger partial charge is 0.325 e. The normalized spacial score (nSPS) is 11.1. The lowest BCUT2D eigenvalue weighted by Gasteiger charge is -2.16. The summed E-state index contributed by atoms with van der Waals surface area (Å²) in [6.07, 6.45) is 1.72. The summed E-state index contributed by atoms with van der Waals surface area (Å²) in [4.78, 5) is 14.2. The van der Waals surface area contributed by atoms with Crippen LogP contribution >= 0.6 is 0 Å². The number of nitrogens with one attached hydrogen (secondary N) is 1. The van der Waals surface area contributed by atoms with E-state index in [1.165, 1.54) is 12.1 Å². The number of aryl methyl sites for hydroxylation is 3. The SMILES string of the molecule is Cc1ccc(NC(=O)CN(C)CCCc2cc(-c3ccc(F)cc3)n(C)n2)cc1. The van der Waals surface area contributed by atoms with Gasteiger partial charge in [0.15, 0.2) is 0 Å². The van der Waals surface area contributed by atoms with Gasteiger partial charge >= 0.3 is 0 Å². The van der Waals surface area contributed by atoms with Crippen molar-refractivity contribution in [2.45, 2.75) is 19.8 Å². The monoisotopic (exact) mass is 394 g/mol. The Morgan fingerprint density at radius 3 is 2.52 bits per heavy atom. The predicted molar refractivity (Wildman–Crippen MR) is 114 cm³/mol. The Morgan fingerprint density at radius 2 is 1.83 bits per heavy atom. The number of carbonyl (C=O) groups is 1. The lowest BCUT2D eigenvalue weighted by molar-refractivity contribution is -0.117. The van der Waals surface area contributed by atoms with Crippen LogP contribution in [0.2, 0.25) is 0 Å². The van der Waals surface area contributed by atoms with E-state index in [0.717, 1.165) is 47.6 Å². The zero-order valence-electron chi connectivity index (χ0n) is 17.2. The molecule has 0 unspecified atom stereocenters. The molecule has 0 spiro atoms. The maximum absolute atomic E-state index is 13.1. The van der Waals surface area contributed by atoms with E-state index < -0.39 is 0 Å². The molecular weight excluding hydrogens is 367 g/mol. The number of benzene rings is 2. The Hall–Kier alpha value is -2.99. The number of anilines is 1. The standard InChI is InChI=1S/C23H27FN4O/c1-17-6-12-20(13-7-17)25-23(29)16-27(2)14-4-5-21-15-22(28(3)26-21)18-8-10-19(24)11-9-18/h6-13,15H,4-5,14,16H2,1-3H3,(H,25,29). The predicted octanol–water partition coefficient (Wildman–Crippen LogP) is 4.04. The Labute approximate surface area is 171 Å². The second-order valence-corrected chi connectivity index (χ2v) is 7.41. The summed E-state index contributed by atoms with van der Waals surface area (Å²) < 4.78 is 14.9. The van der Waals surface area contributed by atoms with Crippen LogP contribution in [0.3, 0.4) is 0 Å². The van der Waals surface area contributed by atoms with Crippen molar-refractivity contribution in [3.8, 4) is 11.3 Å². The number of likely N-dealkylation sites (N-methyl/N-ethyl adjacent to an activating group) is 1. The summed E-state index contributed by atoms with van der Waals surface area (Å²) in [6, 6.07) is 16.3. The maximum atomic E-state index is 13.1. The molecule has 0 fully saturated rings. The van der Waals surface area contributed by atoms with E-state index in [0.29, 0.717) is 6.54 Å². The summed E-state index contributed by atoms with van der Waals surface area (Å²) >= 11 is 0. The van der Waals surface area contributed by atoms with Gasteiger partial charge in [-0.15, -0.1) is 0 Å². The van der Waals surface area contributed by atoms with E-state index in [4.69, 9.17) is 0 Å². The Balaban J connectivity index is 1.46. The molecule has 0 saturated carbocycles. The topological polar surface area (TPSA) is 50.2 Å². The molecule has 1 heterocycles. The number of halogens is 1. The summed E-state index contributed by atoms with van der Waals surface area (Å²) in [6.45, 7) is 3.16. The van der Waals surface area contributed by atoms with Crippen LogP contribution in [-0.2, 0) is 18.3 Å². The number of aromatic nitrogens is 2. The number of hydrogen-bond acceptors (Lipinski definition) is 3. The molecule has 6 heteroatoms. The molecule has 0 aliphatic carbocycles. The van der Waals surface area contributed by atoms with Crippen molar-refractivity contribution in [3.63, 3.8) is 0 Å². The molecule has 0 aliphatic heterocycles. The van der Waals surface area contributed by atoms with Crippen LogP contribution in [0.1, 0.15) is 17.7 Å². The van der Waals surface area contributed by atoms with E-state index in [9.17, 15) is 9.18 Å². The third-order valence-corrected chi connectivity index (χ3v) is 4.79. The average Bonchev–Trinajstić information content (AvgIpc) is 3.04. The summed E-state index contributed by atoms with van der Waals surface area (Å²) in [7, 11) is 3.83. The lowest BCUT2D eigenvalue weighted by atomic mass is 10.1. The molecule has 1 amide bonds. The highest BCUT2D eigenvalue weighted by atomic mass is 19.1. The molecule has 0 bridgehead atoms. The first-order chi connectivity index (χ1) is 13.9. The highest BCUT2D eigenvalue weighted by Gasteiger charge is 2.10. The first kappa shape index (κ1) is 20.7. The molecule has 1 N–H and O–H groups in total. The molecular formula is C23H27FN4O. The van der Waals surface area contributed by atoms with Crippen LogP contribution in [0.4, 0.5) is 10.1 Å². The minimum Gasteiger partial charge on any atom is -0.325 e. The van der Waals surface area contributed by atoms with E-state index in [1.54, 1.807) is 12.1 Å². The van der Waals surface area contributed by atoms with Crippen LogP contribution in [0.25, 0.3) is 11.3 Å². The van der Waals surface area contributed by atoms with Gasteiger partial charge in [0.2, 0.25) is 5.91 Å². The summed E-state index contributed by atoms with van der Waals surface area (Å²) in [5.41, 5.74) is 4.88. The van der Waals surface area contributed by atoms with Gasteiger partial charge in [-0.3, -0.25) is 14.4 Å². The summed E-state index contributed by atoms with van der Waals surface area (Å²) in [5, 5.41) is 7.47. The van der Waals surface area contributed by atoms with Crippen molar-refractivity contribution in [2.75, 3.05) is 25.5 Å². The van der Waals surface area contributed by atoms with Crippen molar-refractivity contribution in [1.82, 2.24) is 14.7 Å². The molecule has 0 radical (unpaired) electrons. The van der Waals surface area contributed by atoms with E-state index in [2.05, 4.69) is 10.4 Å². The Morgan fingerprint density at radius 1 is 1.14 bits per heavy atom. The number of rotatable bonds is 8. The second kappa shape index (κ2) is 9.47. The van der Waals surface area contributed by atoms with Gasteiger partial charge in [-0.2, -0.15) is 5.10 Å². The van der Waals surface area contributed by atoms with Crippen LogP contribution in [0.5, 0.6) is 0 Å². The molecule has 29 heavy (non-hydrogen) atoms. The number of carbonyl (C=O) groups excluding carboxylic acids is 1. The Bertz CT molecular complexity index is 948. The molecule has 2 aromatic carbocycles. The highest BCUT2D eigenvalue weighted by molar-refractivity contribution is 5.92. The third-order valence-electron chi connectivity index (χ3n) is 4.79. The van der Waals surface area contributed by atoms with Gasteiger partial charge in [-0.25, -0.2) is 4.39 Å². The molecule has 152 valence electrons. The van der Waals surface area contributed by atoms with Crippen LogP contribution in [0.15, 0.2) is 54.6 Å². The maximum Gasteiger partial charge on any atom is 0.238 e.